The van der Waals surface area contributed by atoms with Gasteiger partial charge in [-0.2, -0.15) is 0 Å². The van der Waals surface area contributed by atoms with Crippen molar-refractivity contribution in [2.24, 2.45) is 5.73 Å². The van der Waals surface area contributed by atoms with E-state index in [1.807, 2.05) is 0 Å². The average Bonchev–Trinajstić information content (AvgIpc) is 2.61. The molecule has 0 unspecified atom stereocenters. The maximum Gasteiger partial charge on any atom is 0.283 e. The monoisotopic (exact) mass is 379 g/mol. The molecular formula is C19H29N3O3S. The number of rotatable bonds is 11. The predicted octanol–water partition coefficient (Wildman–Crippen LogP) is 3.45. The number of hydrogen-bond acceptors (Lipinski definition) is 4. The fourth-order valence-corrected chi connectivity index (χ4v) is 3.11. The van der Waals surface area contributed by atoms with Gasteiger partial charge in [0.05, 0.1) is 5.56 Å². The third kappa shape index (κ3) is 8.38. The number of primary amides is 1. The van der Waals surface area contributed by atoms with Gasteiger partial charge in [-0.25, -0.2) is 0 Å². The van der Waals surface area contributed by atoms with Crippen LogP contribution in [0.15, 0.2) is 29.2 Å². The minimum absolute atomic E-state index is 0.193. The zero-order valence-corrected chi connectivity index (χ0v) is 16.4. The summed E-state index contributed by atoms with van der Waals surface area (Å²) in [5.41, 5.74) is 5.51. The van der Waals surface area contributed by atoms with Crippen LogP contribution in [-0.4, -0.2) is 29.6 Å². The summed E-state index contributed by atoms with van der Waals surface area (Å²) in [6.45, 7) is 4.33. The Morgan fingerprint density at radius 3 is 2.42 bits per heavy atom. The van der Waals surface area contributed by atoms with Crippen LogP contribution in [0.1, 0.15) is 62.7 Å². The molecule has 0 saturated carbocycles. The Hall–Kier alpha value is -2.02. The molecular weight excluding hydrogens is 350 g/mol. The number of benzene rings is 1. The number of unbranched alkanes of at least 4 members (excludes halogenated alkanes) is 5. The van der Waals surface area contributed by atoms with Crippen molar-refractivity contribution in [2.75, 3.05) is 6.54 Å². The maximum absolute atomic E-state index is 12.3. The second kappa shape index (κ2) is 12.4. The molecule has 0 radical (unpaired) electrons. The van der Waals surface area contributed by atoms with Crippen LogP contribution in [0, 0.1) is 0 Å². The molecule has 0 bridgehead atoms. The molecule has 7 heteroatoms. The van der Waals surface area contributed by atoms with E-state index in [0.717, 1.165) is 24.6 Å². The minimum Gasteiger partial charge on any atom is -0.368 e. The first kappa shape index (κ1) is 22.0. The molecule has 0 heterocycles. The Bertz CT molecular complexity index is 607. The van der Waals surface area contributed by atoms with Crippen LogP contribution < -0.4 is 16.4 Å². The molecule has 1 atom stereocenters. The van der Waals surface area contributed by atoms with E-state index in [1.165, 1.54) is 32.6 Å². The van der Waals surface area contributed by atoms with Gasteiger partial charge in [-0.1, -0.05) is 51.2 Å². The summed E-state index contributed by atoms with van der Waals surface area (Å²) in [6, 6.07) is 6.02. The fourth-order valence-electron chi connectivity index (χ4n) is 2.32. The Labute approximate surface area is 159 Å². The van der Waals surface area contributed by atoms with E-state index in [4.69, 9.17) is 5.73 Å². The van der Waals surface area contributed by atoms with Gasteiger partial charge in [0, 0.05) is 11.4 Å². The maximum atomic E-state index is 12.3. The Morgan fingerprint density at radius 1 is 1.08 bits per heavy atom. The molecule has 0 aliphatic rings. The summed E-state index contributed by atoms with van der Waals surface area (Å²) in [5.74, 6) is -1.04. The van der Waals surface area contributed by atoms with Gasteiger partial charge in [-0.15, -0.1) is 0 Å². The summed E-state index contributed by atoms with van der Waals surface area (Å²) in [4.78, 5) is 36.0. The van der Waals surface area contributed by atoms with Crippen molar-refractivity contribution in [1.29, 1.82) is 0 Å². The van der Waals surface area contributed by atoms with E-state index < -0.39 is 17.9 Å². The molecule has 26 heavy (non-hydrogen) atoms. The second-order valence-electron chi connectivity index (χ2n) is 6.18. The second-order valence-corrected chi connectivity index (χ2v) is 7.19. The quantitative estimate of drug-likeness (QED) is 0.405. The lowest BCUT2D eigenvalue weighted by atomic mass is 10.1. The summed E-state index contributed by atoms with van der Waals surface area (Å²) in [6.07, 6.45) is 6.97. The van der Waals surface area contributed by atoms with E-state index in [9.17, 15) is 14.4 Å². The summed E-state index contributed by atoms with van der Waals surface area (Å²) in [7, 11) is 0. The van der Waals surface area contributed by atoms with Gasteiger partial charge in [0.1, 0.15) is 6.04 Å². The summed E-state index contributed by atoms with van der Waals surface area (Å²) >= 11 is 0.979. The van der Waals surface area contributed by atoms with Gasteiger partial charge in [0.15, 0.2) is 0 Å². The Morgan fingerprint density at radius 2 is 1.73 bits per heavy atom. The molecule has 1 aromatic rings. The lowest BCUT2D eigenvalue weighted by Crippen LogP contribution is -2.42. The van der Waals surface area contributed by atoms with Crippen LogP contribution in [0.2, 0.25) is 0 Å². The highest BCUT2D eigenvalue weighted by Gasteiger charge is 2.18. The normalized spacial score (nSPS) is 11.6. The minimum atomic E-state index is -0.776. The Kier molecular flexibility index (Phi) is 10.5. The molecule has 4 N–H and O–H groups in total. The van der Waals surface area contributed by atoms with E-state index >= 15 is 0 Å². The van der Waals surface area contributed by atoms with Crippen molar-refractivity contribution >= 4 is 28.8 Å². The third-order valence-electron chi connectivity index (χ3n) is 3.91. The molecule has 0 aliphatic carbocycles. The first-order chi connectivity index (χ1) is 12.5. The highest BCUT2D eigenvalue weighted by molar-refractivity contribution is 8.13. The Balaban J connectivity index is 2.48. The highest BCUT2D eigenvalue weighted by Crippen LogP contribution is 2.23. The number of nitrogens with one attached hydrogen (secondary N) is 2. The van der Waals surface area contributed by atoms with Crippen LogP contribution in [-0.2, 0) is 4.79 Å². The number of carbonyl (C=O) groups is 3. The first-order valence-electron chi connectivity index (χ1n) is 9.10. The van der Waals surface area contributed by atoms with Gasteiger partial charge < -0.3 is 16.4 Å². The largest absolute Gasteiger partial charge is 0.368 e. The third-order valence-corrected chi connectivity index (χ3v) is 4.81. The molecule has 0 spiro atoms. The standard InChI is InChI=1S/C19H29N3O3S/c1-3-4-5-6-7-10-13-21-19(25)26-16-12-9-8-11-15(16)18(24)22-14(2)17(20)23/h8-9,11-12,14H,3-7,10,13H2,1-2H3,(H2,20,23)(H,21,25)(H,22,24)/t14-/m0/s1. The van der Waals surface area contributed by atoms with Crippen molar-refractivity contribution in [3.8, 4) is 0 Å². The van der Waals surface area contributed by atoms with E-state index in [-0.39, 0.29) is 5.24 Å². The number of nitrogens with two attached hydrogens (primary N) is 1. The topological polar surface area (TPSA) is 101 Å². The number of thioether (sulfide) groups is 1. The lowest BCUT2D eigenvalue weighted by molar-refractivity contribution is -0.119. The zero-order chi connectivity index (χ0) is 19.4. The number of carbonyl (C=O) groups excluding carboxylic acids is 3. The molecule has 0 aromatic heterocycles. The van der Waals surface area contributed by atoms with E-state index in [2.05, 4.69) is 17.6 Å². The highest BCUT2D eigenvalue weighted by atomic mass is 32.2. The molecule has 6 nitrogen and oxygen atoms in total. The van der Waals surface area contributed by atoms with Crippen LogP contribution in [0.4, 0.5) is 4.79 Å². The molecule has 3 amide bonds. The van der Waals surface area contributed by atoms with Crippen molar-refractivity contribution in [2.45, 2.75) is 63.3 Å². The fraction of sp³-hybridized carbons (Fsp3) is 0.526. The predicted molar refractivity (Wildman–Crippen MR) is 105 cm³/mol. The van der Waals surface area contributed by atoms with Crippen LogP contribution >= 0.6 is 11.8 Å². The molecule has 0 fully saturated rings. The first-order valence-corrected chi connectivity index (χ1v) is 9.92. The lowest BCUT2D eigenvalue weighted by Gasteiger charge is -2.12. The smallest absolute Gasteiger partial charge is 0.283 e. The molecule has 1 rings (SSSR count). The molecule has 144 valence electrons. The summed E-state index contributed by atoms with van der Waals surface area (Å²) < 4.78 is 0. The van der Waals surface area contributed by atoms with E-state index in [1.54, 1.807) is 24.3 Å². The average molecular weight is 380 g/mol. The van der Waals surface area contributed by atoms with Gasteiger partial charge in [-0.05, 0) is 37.2 Å². The molecule has 0 aliphatic heterocycles. The van der Waals surface area contributed by atoms with Crippen LogP contribution in [0.5, 0.6) is 0 Å². The van der Waals surface area contributed by atoms with Gasteiger partial charge >= 0.3 is 0 Å². The number of amides is 3. The van der Waals surface area contributed by atoms with Crippen LogP contribution in [0.3, 0.4) is 0 Å². The zero-order valence-electron chi connectivity index (χ0n) is 15.5. The molecule has 1 aromatic carbocycles. The summed E-state index contributed by atoms with van der Waals surface area (Å²) in [5, 5.41) is 5.20. The molecule has 0 saturated heterocycles. The van der Waals surface area contributed by atoms with Crippen molar-refractivity contribution in [3.05, 3.63) is 29.8 Å². The van der Waals surface area contributed by atoms with Gasteiger partial charge in [0.2, 0.25) is 5.91 Å². The SMILES string of the molecule is CCCCCCCCNC(=O)Sc1ccccc1C(=O)N[C@@H](C)C(N)=O. The number of hydrogen-bond donors (Lipinski definition) is 3. The van der Waals surface area contributed by atoms with Gasteiger partial charge in [-0.3, -0.25) is 14.4 Å². The van der Waals surface area contributed by atoms with Crippen molar-refractivity contribution < 1.29 is 14.4 Å². The van der Waals surface area contributed by atoms with E-state index in [0.29, 0.717) is 17.0 Å². The van der Waals surface area contributed by atoms with Crippen molar-refractivity contribution in [3.63, 3.8) is 0 Å². The van der Waals surface area contributed by atoms with Crippen LogP contribution in [0.25, 0.3) is 0 Å². The van der Waals surface area contributed by atoms with Crippen molar-refractivity contribution in [1.82, 2.24) is 10.6 Å². The van der Waals surface area contributed by atoms with Gasteiger partial charge in [0.25, 0.3) is 11.1 Å².